The van der Waals surface area contributed by atoms with E-state index in [1.807, 2.05) is 25.1 Å². The molecule has 0 unspecified atom stereocenters. The summed E-state index contributed by atoms with van der Waals surface area (Å²) in [4.78, 5) is 8.92. The van der Waals surface area contributed by atoms with Crippen molar-refractivity contribution in [2.45, 2.75) is 26.7 Å². The van der Waals surface area contributed by atoms with Crippen molar-refractivity contribution in [3.8, 4) is 6.07 Å². The quantitative estimate of drug-likeness (QED) is 0.848. The minimum absolute atomic E-state index is 0.620. The standard InChI is InChI=1S/C16H19N5/c1-3-8-18-15-10-16(21-14(4-2)20-15)19-13-7-5-6-12(9-13)11-17/h5-7,9-10H,3-4,8H2,1-2H3,(H2,18,19,20,21). The third-order valence-corrected chi connectivity index (χ3v) is 2.91. The van der Waals surface area contributed by atoms with Gasteiger partial charge in [0.2, 0.25) is 0 Å². The molecule has 0 spiro atoms. The Kier molecular flexibility index (Phi) is 5.10. The highest BCUT2D eigenvalue weighted by atomic mass is 15.1. The number of nitrogens with one attached hydrogen (secondary N) is 2. The Morgan fingerprint density at radius 3 is 2.67 bits per heavy atom. The monoisotopic (exact) mass is 281 g/mol. The first-order valence-corrected chi connectivity index (χ1v) is 7.14. The predicted molar refractivity (Wildman–Crippen MR) is 84.6 cm³/mol. The number of hydrogen-bond acceptors (Lipinski definition) is 5. The molecule has 0 saturated carbocycles. The van der Waals surface area contributed by atoms with E-state index in [0.717, 1.165) is 42.5 Å². The van der Waals surface area contributed by atoms with Crippen molar-refractivity contribution in [3.63, 3.8) is 0 Å². The Labute approximate surface area is 125 Å². The summed E-state index contributed by atoms with van der Waals surface area (Å²) < 4.78 is 0. The zero-order valence-electron chi connectivity index (χ0n) is 12.3. The summed E-state index contributed by atoms with van der Waals surface area (Å²) in [6, 6.07) is 11.3. The molecule has 0 aliphatic carbocycles. The molecule has 5 heteroatoms. The van der Waals surface area contributed by atoms with Gasteiger partial charge in [-0.2, -0.15) is 5.26 Å². The first-order valence-electron chi connectivity index (χ1n) is 7.14. The second-order valence-electron chi connectivity index (χ2n) is 4.65. The minimum Gasteiger partial charge on any atom is -0.370 e. The van der Waals surface area contributed by atoms with E-state index in [0.29, 0.717) is 5.56 Å². The number of nitrogens with zero attached hydrogens (tertiary/aromatic N) is 3. The van der Waals surface area contributed by atoms with Crippen molar-refractivity contribution in [2.75, 3.05) is 17.2 Å². The molecule has 2 N–H and O–H groups in total. The van der Waals surface area contributed by atoms with Crippen LogP contribution in [0, 0.1) is 11.3 Å². The van der Waals surface area contributed by atoms with Crippen LogP contribution in [0.2, 0.25) is 0 Å². The van der Waals surface area contributed by atoms with Crippen LogP contribution in [0.4, 0.5) is 17.3 Å². The summed E-state index contributed by atoms with van der Waals surface area (Å²) in [6.07, 6.45) is 1.81. The summed E-state index contributed by atoms with van der Waals surface area (Å²) in [5.41, 5.74) is 1.46. The molecule has 1 aromatic carbocycles. The third-order valence-electron chi connectivity index (χ3n) is 2.91. The van der Waals surface area contributed by atoms with Gasteiger partial charge in [0.05, 0.1) is 11.6 Å². The topological polar surface area (TPSA) is 73.6 Å². The van der Waals surface area contributed by atoms with Crippen LogP contribution < -0.4 is 10.6 Å². The first kappa shape index (κ1) is 14.8. The Balaban J connectivity index is 2.23. The molecule has 0 radical (unpaired) electrons. The second-order valence-corrected chi connectivity index (χ2v) is 4.65. The Morgan fingerprint density at radius 2 is 1.95 bits per heavy atom. The number of rotatable bonds is 6. The fourth-order valence-electron chi connectivity index (χ4n) is 1.88. The van der Waals surface area contributed by atoms with Gasteiger partial charge in [0.25, 0.3) is 0 Å². The van der Waals surface area contributed by atoms with Crippen LogP contribution in [0.1, 0.15) is 31.7 Å². The lowest BCUT2D eigenvalue weighted by atomic mass is 10.2. The molecule has 0 saturated heterocycles. The van der Waals surface area contributed by atoms with Gasteiger partial charge in [0, 0.05) is 24.7 Å². The van der Waals surface area contributed by atoms with Gasteiger partial charge in [-0.1, -0.05) is 19.9 Å². The van der Waals surface area contributed by atoms with Crippen LogP contribution in [-0.4, -0.2) is 16.5 Å². The summed E-state index contributed by atoms with van der Waals surface area (Å²) in [7, 11) is 0. The summed E-state index contributed by atoms with van der Waals surface area (Å²) in [6.45, 7) is 5.02. The predicted octanol–water partition coefficient (Wildman–Crippen LogP) is 3.48. The van der Waals surface area contributed by atoms with Gasteiger partial charge < -0.3 is 10.6 Å². The molecular formula is C16H19N5. The van der Waals surface area contributed by atoms with Crippen LogP contribution in [0.25, 0.3) is 0 Å². The molecule has 1 aromatic heterocycles. The summed E-state index contributed by atoms with van der Waals surface area (Å²) in [5, 5.41) is 15.4. The average Bonchev–Trinajstić information content (AvgIpc) is 2.52. The van der Waals surface area contributed by atoms with Crippen molar-refractivity contribution < 1.29 is 0 Å². The van der Waals surface area contributed by atoms with E-state index in [9.17, 15) is 0 Å². The SMILES string of the molecule is CCCNc1cc(Nc2cccc(C#N)c2)nc(CC)n1. The second kappa shape index (κ2) is 7.25. The highest BCUT2D eigenvalue weighted by molar-refractivity contribution is 5.60. The maximum absolute atomic E-state index is 8.94. The van der Waals surface area contributed by atoms with Gasteiger partial charge in [0.1, 0.15) is 17.5 Å². The van der Waals surface area contributed by atoms with E-state index < -0.39 is 0 Å². The highest BCUT2D eigenvalue weighted by Crippen LogP contribution is 2.18. The molecular weight excluding hydrogens is 262 g/mol. The Morgan fingerprint density at radius 1 is 1.14 bits per heavy atom. The molecule has 0 bridgehead atoms. The van der Waals surface area contributed by atoms with Crippen LogP contribution >= 0.6 is 0 Å². The smallest absolute Gasteiger partial charge is 0.136 e. The van der Waals surface area contributed by atoms with Crippen LogP contribution in [0.3, 0.4) is 0 Å². The molecule has 0 aliphatic heterocycles. The largest absolute Gasteiger partial charge is 0.370 e. The molecule has 108 valence electrons. The average molecular weight is 281 g/mol. The van der Waals surface area contributed by atoms with Gasteiger partial charge in [0.15, 0.2) is 0 Å². The van der Waals surface area contributed by atoms with Crippen molar-refractivity contribution in [2.24, 2.45) is 0 Å². The summed E-state index contributed by atoms with van der Waals surface area (Å²) >= 11 is 0. The Bertz CT molecular complexity index is 645. The maximum atomic E-state index is 8.94. The Hall–Kier alpha value is -2.61. The fraction of sp³-hybridized carbons (Fsp3) is 0.312. The van der Waals surface area contributed by atoms with Gasteiger partial charge in [-0.15, -0.1) is 0 Å². The minimum atomic E-state index is 0.620. The molecule has 21 heavy (non-hydrogen) atoms. The van der Waals surface area contributed by atoms with E-state index in [4.69, 9.17) is 5.26 Å². The number of nitriles is 1. The van der Waals surface area contributed by atoms with E-state index in [1.165, 1.54) is 0 Å². The van der Waals surface area contributed by atoms with Crippen molar-refractivity contribution in [3.05, 3.63) is 41.7 Å². The normalized spacial score (nSPS) is 9.95. The molecule has 0 atom stereocenters. The molecule has 0 fully saturated rings. The molecule has 0 aliphatic rings. The third kappa shape index (κ3) is 4.18. The lowest BCUT2D eigenvalue weighted by molar-refractivity contribution is 0.919. The maximum Gasteiger partial charge on any atom is 0.136 e. The highest BCUT2D eigenvalue weighted by Gasteiger charge is 2.04. The molecule has 1 heterocycles. The van der Waals surface area contributed by atoms with Crippen LogP contribution in [-0.2, 0) is 6.42 Å². The lowest BCUT2D eigenvalue weighted by Gasteiger charge is -2.10. The summed E-state index contributed by atoms with van der Waals surface area (Å²) in [5.74, 6) is 2.34. The van der Waals surface area contributed by atoms with Crippen molar-refractivity contribution in [1.82, 2.24) is 9.97 Å². The number of aromatic nitrogens is 2. The number of anilines is 3. The zero-order valence-corrected chi connectivity index (χ0v) is 12.3. The van der Waals surface area contributed by atoms with E-state index in [-0.39, 0.29) is 0 Å². The fourth-order valence-corrected chi connectivity index (χ4v) is 1.88. The van der Waals surface area contributed by atoms with Crippen molar-refractivity contribution >= 4 is 17.3 Å². The van der Waals surface area contributed by atoms with Crippen LogP contribution in [0.15, 0.2) is 30.3 Å². The molecule has 2 rings (SSSR count). The van der Waals surface area contributed by atoms with E-state index in [1.54, 1.807) is 12.1 Å². The van der Waals surface area contributed by atoms with E-state index in [2.05, 4.69) is 33.6 Å². The van der Waals surface area contributed by atoms with Gasteiger partial charge in [-0.25, -0.2) is 9.97 Å². The number of hydrogen-bond donors (Lipinski definition) is 2. The first-order chi connectivity index (χ1) is 10.2. The van der Waals surface area contributed by atoms with Gasteiger partial charge in [-0.3, -0.25) is 0 Å². The lowest BCUT2D eigenvalue weighted by Crippen LogP contribution is -2.06. The molecule has 2 aromatic rings. The van der Waals surface area contributed by atoms with E-state index >= 15 is 0 Å². The molecule has 0 amide bonds. The van der Waals surface area contributed by atoms with Gasteiger partial charge in [-0.05, 0) is 24.6 Å². The molecule has 5 nitrogen and oxygen atoms in total. The zero-order chi connectivity index (χ0) is 15.1. The number of benzene rings is 1. The van der Waals surface area contributed by atoms with Crippen LogP contribution in [0.5, 0.6) is 0 Å². The number of aryl methyl sites for hydroxylation is 1. The van der Waals surface area contributed by atoms with Crippen molar-refractivity contribution in [1.29, 1.82) is 5.26 Å². The van der Waals surface area contributed by atoms with Gasteiger partial charge >= 0.3 is 0 Å².